The number of hydrogen-bond acceptors (Lipinski definition) is 6. The van der Waals surface area contributed by atoms with Crippen LogP contribution in [-0.2, 0) is 20.9 Å². The van der Waals surface area contributed by atoms with Crippen molar-refractivity contribution in [2.45, 2.75) is 19.1 Å². The summed E-state index contributed by atoms with van der Waals surface area (Å²) in [7, 11) is 2.01. The highest BCUT2D eigenvalue weighted by Crippen LogP contribution is 2.37. The van der Waals surface area contributed by atoms with Gasteiger partial charge >= 0.3 is 6.18 Å². The van der Waals surface area contributed by atoms with Crippen molar-refractivity contribution >= 4 is 29.4 Å². The molecule has 0 saturated carbocycles. The molecule has 8 nitrogen and oxygen atoms in total. The topological polar surface area (TPSA) is 77.5 Å². The Bertz CT molecular complexity index is 1390. The number of dihydropyridines is 1. The number of carbonyl (C=O) groups excluding carboxylic acids is 2. The van der Waals surface area contributed by atoms with Crippen LogP contribution in [0.1, 0.15) is 12.0 Å². The second-order valence-electron chi connectivity index (χ2n) is 10.8. The molecule has 1 N–H and O–H groups in total. The Morgan fingerprint density at radius 1 is 1.05 bits per heavy atom. The first-order valence-corrected chi connectivity index (χ1v) is 13.9. The molecule has 2 aromatic rings. The molecule has 0 aromatic heterocycles. The number of hydrogen-bond donors (Lipinski definition) is 1. The Morgan fingerprint density at radius 3 is 2.60 bits per heavy atom. The Labute approximate surface area is 241 Å². The predicted molar refractivity (Wildman–Crippen MR) is 152 cm³/mol. The van der Waals surface area contributed by atoms with Gasteiger partial charge in [-0.1, -0.05) is 12.1 Å². The minimum Gasteiger partial charge on any atom is -0.379 e. The van der Waals surface area contributed by atoms with E-state index in [9.17, 15) is 22.8 Å². The fourth-order valence-electron chi connectivity index (χ4n) is 5.44. The van der Waals surface area contributed by atoms with Gasteiger partial charge in [-0.2, -0.15) is 13.2 Å². The quantitative estimate of drug-likeness (QED) is 0.513. The van der Waals surface area contributed by atoms with Gasteiger partial charge in [0.25, 0.3) is 5.91 Å². The number of halogens is 4. The Morgan fingerprint density at radius 2 is 1.83 bits per heavy atom. The predicted octanol–water partition coefficient (Wildman–Crippen LogP) is 4.12. The number of amides is 2. The van der Waals surface area contributed by atoms with Gasteiger partial charge in [0.05, 0.1) is 30.2 Å². The van der Waals surface area contributed by atoms with E-state index in [1.54, 1.807) is 30.3 Å². The SMILES string of the molecule is CN1CCCN(c2ccc(-c3cc(CN4CCOCC4)ccc3F)cc2NC(=O)C2C=NC(=O)C=C2C(F)(F)F)CC1. The second kappa shape index (κ2) is 12.7. The second-order valence-corrected chi connectivity index (χ2v) is 10.8. The lowest BCUT2D eigenvalue weighted by atomic mass is 9.95. The first-order chi connectivity index (χ1) is 20.1. The first kappa shape index (κ1) is 29.9. The van der Waals surface area contributed by atoms with Gasteiger partial charge in [0.2, 0.25) is 5.91 Å². The van der Waals surface area contributed by atoms with Crippen LogP contribution in [0.15, 0.2) is 53.0 Å². The number of likely N-dealkylation sites (N-methyl/N-ethyl adjacent to an activating group) is 1. The molecule has 0 bridgehead atoms. The van der Waals surface area contributed by atoms with Crippen LogP contribution in [0.4, 0.5) is 28.9 Å². The van der Waals surface area contributed by atoms with Gasteiger partial charge < -0.3 is 19.9 Å². The standard InChI is InChI=1S/C30H33F4N5O3/c1-37-7-2-8-39(10-9-37)27-6-4-21(22-15-20(3-5-25(22)31)19-38-11-13-42-14-12-38)16-26(27)36-29(41)23-18-35-28(40)17-24(23)30(32,33)34/h3-6,15-18,23H,2,7-14,19H2,1H3,(H,36,41). The lowest BCUT2D eigenvalue weighted by Crippen LogP contribution is -2.35. The number of rotatable bonds is 6. The Balaban J connectivity index is 1.49. The van der Waals surface area contributed by atoms with Crippen molar-refractivity contribution in [3.8, 4) is 11.1 Å². The molecular weight excluding hydrogens is 554 g/mol. The average Bonchev–Trinajstić information content (AvgIpc) is 3.18. The average molecular weight is 588 g/mol. The molecule has 0 aliphatic carbocycles. The highest BCUT2D eigenvalue weighted by Gasteiger charge is 2.43. The number of carbonyl (C=O) groups is 2. The summed E-state index contributed by atoms with van der Waals surface area (Å²) in [5.41, 5.74) is 1.29. The number of alkyl halides is 3. The molecule has 1 unspecified atom stereocenters. The van der Waals surface area contributed by atoms with Gasteiger partial charge in [0.15, 0.2) is 0 Å². The van der Waals surface area contributed by atoms with Crippen molar-refractivity contribution in [3.05, 3.63) is 59.4 Å². The van der Waals surface area contributed by atoms with Crippen LogP contribution in [0, 0.1) is 11.7 Å². The van der Waals surface area contributed by atoms with E-state index in [0.29, 0.717) is 55.7 Å². The number of nitrogens with zero attached hydrogens (tertiary/aromatic N) is 4. The van der Waals surface area contributed by atoms with E-state index in [-0.39, 0.29) is 5.69 Å². The summed E-state index contributed by atoms with van der Waals surface area (Å²) in [5, 5.41) is 2.65. The minimum absolute atomic E-state index is 0.256. The van der Waals surface area contributed by atoms with Gasteiger partial charge in [0, 0.05) is 57.1 Å². The molecule has 5 rings (SSSR count). The van der Waals surface area contributed by atoms with Crippen LogP contribution in [0.3, 0.4) is 0 Å². The van der Waals surface area contributed by atoms with Gasteiger partial charge in [-0.15, -0.1) is 0 Å². The van der Waals surface area contributed by atoms with Crippen molar-refractivity contribution < 1.29 is 31.9 Å². The number of anilines is 2. The summed E-state index contributed by atoms with van der Waals surface area (Å²) >= 11 is 0. The number of benzene rings is 2. The van der Waals surface area contributed by atoms with Crippen molar-refractivity contribution in [3.63, 3.8) is 0 Å². The lowest BCUT2D eigenvalue weighted by Gasteiger charge is -2.28. The molecule has 224 valence electrons. The molecule has 3 heterocycles. The molecule has 3 aliphatic rings. The molecule has 0 spiro atoms. The summed E-state index contributed by atoms with van der Waals surface area (Å²) in [6.45, 7) is 6.37. The third-order valence-electron chi connectivity index (χ3n) is 7.74. The molecule has 3 aliphatic heterocycles. The summed E-state index contributed by atoms with van der Waals surface area (Å²) in [5.74, 6) is -4.32. The molecule has 2 aromatic carbocycles. The molecule has 2 saturated heterocycles. The van der Waals surface area contributed by atoms with E-state index in [1.165, 1.54) is 6.07 Å². The number of nitrogens with one attached hydrogen (secondary N) is 1. The molecule has 12 heteroatoms. The van der Waals surface area contributed by atoms with Crippen LogP contribution in [0.25, 0.3) is 11.1 Å². The van der Waals surface area contributed by atoms with E-state index in [2.05, 4.69) is 25.0 Å². The molecule has 42 heavy (non-hydrogen) atoms. The third kappa shape index (κ3) is 7.05. The normalized spacial score (nSPS) is 20.8. The minimum atomic E-state index is -4.89. The summed E-state index contributed by atoms with van der Waals surface area (Å²) < 4.78 is 61.8. The van der Waals surface area contributed by atoms with E-state index in [4.69, 9.17) is 4.74 Å². The van der Waals surface area contributed by atoms with Gasteiger partial charge in [0.1, 0.15) is 11.7 Å². The van der Waals surface area contributed by atoms with Crippen LogP contribution in [-0.4, -0.2) is 93.5 Å². The Hall–Kier alpha value is -3.61. The van der Waals surface area contributed by atoms with E-state index >= 15 is 4.39 Å². The fraction of sp³-hybridized carbons (Fsp3) is 0.433. The maximum Gasteiger partial charge on any atom is 0.414 e. The summed E-state index contributed by atoms with van der Waals surface area (Å²) in [6, 6.07) is 10.0. The van der Waals surface area contributed by atoms with Crippen molar-refractivity contribution in [1.82, 2.24) is 9.80 Å². The number of morpholine rings is 1. The molecule has 2 fully saturated rings. The van der Waals surface area contributed by atoms with E-state index in [0.717, 1.165) is 44.4 Å². The van der Waals surface area contributed by atoms with Crippen LogP contribution in [0.5, 0.6) is 0 Å². The van der Waals surface area contributed by atoms with Gasteiger partial charge in [-0.05, 0) is 55.4 Å². The zero-order chi connectivity index (χ0) is 29.9. The molecular formula is C30H33F4N5O3. The maximum atomic E-state index is 15.2. The number of aliphatic imine (C=N–C) groups is 1. The van der Waals surface area contributed by atoms with Crippen LogP contribution in [0.2, 0.25) is 0 Å². The maximum absolute atomic E-state index is 15.2. The first-order valence-electron chi connectivity index (χ1n) is 13.9. The highest BCUT2D eigenvalue weighted by atomic mass is 19.4. The lowest BCUT2D eigenvalue weighted by molar-refractivity contribution is -0.124. The van der Waals surface area contributed by atoms with Crippen molar-refractivity contribution in [2.75, 3.05) is 69.7 Å². The largest absolute Gasteiger partial charge is 0.414 e. The van der Waals surface area contributed by atoms with Gasteiger partial charge in [-0.3, -0.25) is 14.5 Å². The van der Waals surface area contributed by atoms with Crippen LogP contribution < -0.4 is 10.2 Å². The monoisotopic (exact) mass is 587 g/mol. The smallest absolute Gasteiger partial charge is 0.379 e. The highest BCUT2D eigenvalue weighted by molar-refractivity contribution is 6.11. The van der Waals surface area contributed by atoms with Crippen molar-refractivity contribution in [2.24, 2.45) is 10.9 Å². The third-order valence-corrected chi connectivity index (χ3v) is 7.74. The summed E-state index contributed by atoms with van der Waals surface area (Å²) in [4.78, 5) is 34.8. The zero-order valence-electron chi connectivity index (χ0n) is 23.3. The molecule has 0 radical (unpaired) electrons. The zero-order valence-corrected chi connectivity index (χ0v) is 23.3. The number of ether oxygens (including phenoxy) is 1. The van der Waals surface area contributed by atoms with E-state index in [1.807, 2.05) is 7.05 Å². The molecule has 2 amide bonds. The van der Waals surface area contributed by atoms with Crippen molar-refractivity contribution in [1.29, 1.82) is 0 Å². The molecule has 1 atom stereocenters. The fourth-order valence-corrected chi connectivity index (χ4v) is 5.44. The summed E-state index contributed by atoms with van der Waals surface area (Å²) in [6.07, 6.45) is -2.97. The Kier molecular flexibility index (Phi) is 9.05. The van der Waals surface area contributed by atoms with E-state index < -0.39 is 35.3 Å². The van der Waals surface area contributed by atoms with Gasteiger partial charge in [-0.25, -0.2) is 9.38 Å². The van der Waals surface area contributed by atoms with Crippen LogP contribution >= 0.6 is 0 Å².